The molecule has 142 valence electrons. The van der Waals surface area contributed by atoms with Crippen molar-refractivity contribution in [1.82, 2.24) is 4.90 Å². The maximum absolute atomic E-state index is 12.6. The van der Waals surface area contributed by atoms with Crippen LogP contribution in [0.15, 0.2) is 64.6 Å². The van der Waals surface area contributed by atoms with Crippen molar-refractivity contribution in [3.8, 4) is 0 Å². The SMILES string of the molecule is CCC(=O)N(CC[C@@H](c1ccc(C)cc1)c1ccco1)[C@@H](C)c1cccs1. The fourth-order valence-electron chi connectivity index (χ4n) is 3.45. The Labute approximate surface area is 165 Å². The van der Waals surface area contributed by atoms with Crippen LogP contribution in [0.2, 0.25) is 0 Å². The number of nitrogens with zero attached hydrogens (tertiary/aromatic N) is 1. The lowest BCUT2D eigenvalue weighted by atomic mass is 9.92. The summed E-state index contributed by atoms with van der Waals surface area (Å²) in [6.45, 7) is 6.84. The van der Waals surface area contributed by atoms with Crippen LogP contribution in [0.1, 0.15) is 60.4 Å². The first-order chi connectivity index (χ1) is 13.1. The standard InChI is InChI=1S/C23H27NO2S/c1-4-23(25)24(18(3)22-8-6-16-27-22)14-13-20(21-7-5-15-26-21)19-11-9-17(2)10-12-19/h5-12,15-16,18,20H,4,13-14H2,1-3H3/t18-,20-/m0/s1. The van der Waals surface area contributed by atoms with Crippen LogP contribution in [0.5, 0.6) is 0 Å². The Bertz CT molecular complexity index is 822. The highest BCUT2D eigenvalue weighted by atomic mass is 32.1. The molecule has 2 atom stereocenters. The molecule has 0 aliphatic heterocycles. The number of benzene rings is 1. The third-order valence-corrected chi connectivity index (χ3v) is 6.11. The number of amides is 1. The maximum Gasteiger partial charge on any atom is 0.222 e. The minimum Gasteiger partial charge on any atom is -0.469 e. The van der Waals surface area contributed by atoms with E-state index in [-0.39, 0.29) is 17.9 Å². The van der Waals surface area contributed by atoms with E-state index >= 15 is 0 Å². The highest BCUT2D eigenvalue weighted by Crippen LogP contribution is 2.31. The lowest BCUT2D eigenvalue weighted by Gasteiger charge is -2.30. The van der Waals surface area contributed by atoms with E-state index in [9.17, 15) is 4.79 Å². The van der Waals surface area contributed by atoms with Crippen LogP contribution in [0.3, 0.4) is 0 Å². The van der Waals surface area contributed by atoms with E-state index in [2.05, 4.69) is 49.6 Å². The Balaban J connectivity index is 1.81. The normalized spacial score (nSPS) is 13.3. The van der Waals surface area contributed by atoms with E-state index < -0.39 is 0 Å². The van der Waals surface area contributed by atoms with E-state index in [0.717, 1.165) is 12.2 Å². The molecule has 0 aliphatic rings. The number of thiophene rings is 1. The number of carbonyl (C=O) groups is 1. The minimum atomic E-state index is 0.0905. The van der Waals surface area contributed by atoms with E-state index in [0.29, 0.717) is 13.0 Å². The van der Waals surface area contributed by atoms with Gasteiger partial charge < -0.3 is 9.32 Å². The molecule has 0 aliphatic carbocycles. The maximum atomic E-state index is 12.6. The first-order valence-corrected chi connectivity index (χ1v) is 10.4. The van der Waals surface area contributed by atoms with Crippen molar-refractivity contribution < 1.29 is 9.21 Å². The molecule has 0 fully saturated rings. The predicted molar refractivity (Wildman–Crippen MR) is 111 cm³/mol. The van der Waals surface area contributed by atoms with Crippen molar-refractivity contribution in [3.63, 3.8) is 0 Å². The molecule has 0 saturated carbocycles. The van der Waals surface area contributed by atoms with E-state index in [1.165, 1.54) is 16.0 Å². The van der Waals surface area contributed by atoms with Crippen molar-refractivity contribution in [2.24, 2.45) is 0 Å². The van der Waals surface area contributed by atoms with Gasteiger partial charge in [-0.1, -0.05) is 42.8 Å². The smallest absolute Gasteiger partial charge is 0.222 e. The summed E-state index contributed by atoms with van der Waals surface area (Å²) in [4.78, 5) is 15.9. The van der Waals surface area contributed by atoms with Gasteiger partial charge in [-0.3, -0.25) is 4.79 Å². The Morgan fingerprint density at radius 1 is 1.15 bits per heavy atom. The molecule has 3 aromatic rings. The van der Waals surface area contributed by atoms with Crippen LogP contribution in [-0.2, 0) is 4.79 Å². The summed E-state index contributed by atoms with van der Waals surface area (Å²) in [5, 5.41) is 2.07. The zero-order valence-corrected chi connectivity index (χ0v) is 17.0. The molecule has 1 aromatic carbocycles. The van der Waals surface area contributed by atoms with Gasteiger partial charge in [-0.25, -0.2) is 0 Å². The Kier molecular flexibility index (Phi) is 6.51. The van der Waals surface area contributed by atoms with Crippen molar-refractivity contribution >= 4 is 17.2 Å². The van der Waals surface area contributed by atoms with Crippen LogP contribution in [0.4, 0.5) is 0 Å². The fraction of sp³-hybridized carbons (Fsp3) is 0.348. The summed E-state index contributed by atoms with van der Waals surface area (Å²) in [5.74, 6) is 1.29. The lowest BCUT2D eigenvalue weighted by molar-refractivity contribution is -0.133. The van der Waals surface area contributed by atoms with Crippen LogP contribution in [0.25, 0.3) is 0 Å². The van der Waals surface area contributed by atoms with Gasteiger partial charge in [0.1, 0.15) is 5.76 Å². The molecule has 2 aromatic heterocycles. The lowest BCUT2D eigenvalue weighted by Crippen LogP contribution is -2.34. The molecule has 0 N–H and O–H groups in total. The van der Waals surface area contributed by atoms with E-state index in [1.54, 1.807) is 17.6 Å². The van der Waals surface area contributed by atoms with E-state index in [1.807, 2.05) is 30.0 Å². The summed E-state index contributed by atoms with van der Waals surface area (Å²) in [7, 11) is 0. The first-order valence-electron chi connectivity index (χ1n) is 9.53. The van der Waals surface area contributed by atoms with Gasteiger partial charge in [0.25, 0.3) is 0 Å². The highest BCUT2D eigenvalue weighted by molar-refractivity contribution is 7.10. The summed E-state index contributed by atoms with van der Waals surface area (Å²) in [5.41, 5.74) is 2.47. The summed E-state index contributed by atoms with van der Waals surface area (Å²) in [6.07, 6.45) is 3.07. The van der Waals surface area contributed by atoms with E-state index in [4.69, 9.17) is 4.42 Å². The number of aryl methyl sites for hydroxylation is 1. The monoisotopic (exact) mass is 381 g/mol. The quantitative estimate of drug-likeness (QED) is 0.467. The number of carbonyl (C=O) groups excluding carboxylic acids is 1. The molecule has 0 unspecified atom stereocenters. The van der Waals surface area contributed by atoms with Crippen molar-refractivity contribution in [1.29, 1.82) is 0 Å². The summed E-state index contributed by atoms with van der Waals surface area (Å²) >= 11 is 1.70. The van der Waals surface area contributed by atoms with Crippen molar-refractivity contribution in [3.05, 3.63) is 81.9 Å². The number of hydrogen-bond donors (Lipinski definition) is 0. The second kappa shape index (κ2) is 9.05. The first kappa shape index (κ1) is 19.4. The molecule has 1 amide bonds. The fourth-order valence-corrected chi connectivity index (χ4v) is 4.25. The van der Waals surface area contributed by atoms with Crippen LogP contribution in [0, 0.1) is 6.92 Å². The molecule has 4 heteroatoms. The highest BCUT2D eigenvalue weighted by Gasteiger charge is 2.24. The molecular formula is C23H27NO2S. The zero-order chi connectivity index (χ0) is 19.2. The van der Waals surface area contributed by atoms with Crippen LogP contribution >= 0.6 is 11.3 Å². The Hall–Kier alpha value is -2.33. The molecular weight excluding hydrogens is 354 g/mol. The number of hydrogen-bond acceptors (Lipinski definition) is 3. The third-order valence-electron chi connectivity index (χ3n) is 5.07. The van der Waals surface area contributed by atoms with Crippen LogP contribution < -0.4 is 0 Å². The molecule has 0 radical (unpaired) electrons. The molecule has 3 nitrogen and oxygen atoms in total. The minimum absolute atomic E-state index is 0.0905. The molecule has 0 spiro atoms. The van der Waals surface area contributed by atoms with Gasteiger partial charge in [0.05, 0.1) is 12.3 Å². The largest absolute Gasteiger partial charge is 0.469 e. The summed E-state index contributed by atoms with van der Waals surface area (Å²) < 4.78 is 5.73. The molecule has 0 bridgehead atoms. The predicted octanol–water partition coefficient (Wildman–Crippen LogP) is 6.17. The number of rotatable bonds is 8. The van der Waals surface area contributed by atoms with Gasteiger partial charge in [-0.2, -0.15) is 0 Å². The topological polar surface area (TPSA) is 33.5 Å². The Morgan fingerprint density at radius 2 is 1.93 bits per heavy atom. The van der Waals surface area contributed by atoms with Gasteiger partial charge in [0.15, 0.2) is 0 Å². The van der Waals surface area contributed by atoms with Crippen molar-refractivity contribution in [2.75, 3.05) is 6.54 Å². The average molecular weight is 382 g/mol. The molecule has 3 rings (SSSR count). The van der Waals surface area contributed by atoms with Crippen LogP contribution in [-0.4, -0.2) is 17.4 Å². The molecule has 2 heterocycles. The molecule has 27 heavy (non-hydrogen) atoms. The third kappa shape index (κ3) is 4.69. The second-order valence-electron chi connectivity index (χ2n) is 6.90. The van der Waals surface area contributed by atoms with Crippen molar-refractivity contribution in [2.45, 2.75) is 45.6 Å². The number of furan rings is 1. The zero-order valence-electron chi connectivity index (χ0n) is 16.2. The van der Waals surface area contributed by atoms with Gasteiger partial charge in [0, 0.05) is 23.8 Å². The molecule has 0 saturated heterocycles. The second-order valence-corrected chi connectivity index (χ2v) is 7.88. The summed E-state index contributed by atoms with van der Waals surface area (Å²) in [6, 6.07) is 16.8. The average Bonchev–Trinajstić information content (AvgIpc) is 3.39. The Morgan fingerprint density at radius 3 is 2.52 bits per heavy atom. The van der Waals surface area contributed by atoms with Gasteiger partial charge in [-0.05, 0) is 49.4 Å². The van der Waals surface area contributed by atoms with Gasteiger partial charge in [-0.15, -0.1) is 11.3 Å². The van der Waals surface area contributed by atoms with Gasteiger partial charge in [0.2, 0.25) is 5.91 Å². The van der Waals surface area contributed by atoms with Gasteiger partial charge >= 0.3 is 0 Å².